The summed E-state index contributed by atoms with van der Waals surface area (Å²) in [5, 5.41) is 11.3. The average molecular weight is 761 g/mol. The first-order valence-corrected chi connectivity index (χ1v) is 19.3. The number of fused-ring (bicyclic) bond motifs is 3. The van der Waals surface area contributed by atoms with Crippen LogP contribution in [0, 0.1) is 5.92 Å². The first-order chi connectivity index (χ1) is 26.6. The molecule has 16 heteroatoms. The molecule has 0 radical (unpaired) electrons. The van der Waals surface area contributed by atoms with Crippen LogP contribution in [-0.2, 0) is 39.9 Å². The molecule has 16 nitrogen and oxygen atoms in total. The number of nitrogens with one attached hydrogen (secondary N) is 4. The van der Waals surface area contributed by atoms with Gasteiger partial charge in [0.15, 0.2) is 0 Å². The Hall–Kier alpha value is -5.09. The Labute approximate surface area is 321 Å². The zero-order valence-electron chi connectivity index (χ0n) is 31.5. The van der Waals surface area contributed by atoms with Crippen molar-refractivity contribution in [2.45, 2.75) is 95.0 Å². The molecule has 2 aromatic rings. The van der Waals surface area contributed by atoms with Crippen molar-refractivity contribution < 1.29 is 38.2 Å². The van der Waals surface area contributed by atoms with Gasteiger partial charge in [-0.15, -0.1) is 0 Å². The molecule has 0 aliphatic carbocycles. The van der Waals surface area contributed by atoms with Gasteiger partial charge in [-0.2, -0.15) is 0 Å². The van der Waals surface area contributed by atoms with Crippen LogP contribution in [0.25, 0.3) is 0 Å². The number of ether oxygens (including phenoxy) is 2. The summed E-state index contributed by atoms with van der Waals surface area (Å²) in [4.78, 5) is 92.1. The number of esters is 1. The van der Waals surface area contributed by atoms with Crippen LogP contribution in [0.1, 0.15) is 57.9 Å². The van der Waals surface area contributed by atoms with E-state index in [-0.39, 0.29) is 50.1 Å². The number of aromatic nitrogens is 1. The van der Waals surface area contributed by atoms with E-state index in [0.717, 1.165) is 24.8 Å². The summed E-state index contributed by atoms with van der Waals surface area (Å²) in [6, 6.07) is 6.66. The maximum absolute atomic E-state index is 14.5. The molecule has 6 rings (SSSR count). The number of carbonyl (C=O) groups excluding carboxylic acids is 6. The van der Waals surface area contributed by atoms with Crippen LogP contribution < -0.4 is 21.3 Å². The van der Waals surface area contributed by atoms with E-state index in [4.69, 9.17) is 9.47 Å². The van der Waals surface area contributed by atoms with Crippen molar-refractivity contribution in [2.24, 2.45) is 5.92 Å². The molecule has 0 spiro atoms. The molecule has 4 aliphatic rings. The van der Waals surface area contributed by atoms with Gasteiger partial charge in [-0.3, -0.25) is 29.5 Å². The van der Waals surface area contributed by atoms with Crippen molar-refractivity contribution in [3.63, 3.8) is 0 Å². The highest BCUT2D eigenvalue weighted by atomic mass is 16.5. The van der Waals surface area contributed by atoms with Gasteiger partial charge in [0, 0.05) is 32.3 Å². The van der Waals surface area contributed by atoms with Gasteiger partial charge in [-0.05, 0) is 69.1 Å². The van der Waals surface area contributed by atoms with Gasteiger partial charge >= 0.3 is 12.0 Å². The Kier molecular flexibility index (Phi) is 13.3. The Bertz CT molecular complexity index is 1680. The molecule has 0 bridgehead atoms. The van der Waals surface area contributed by atoms with Gasteiger partial charge in [0.25, 0.3) is 0 Å². The van der Waals surface area contributed by atoms with Gasteiger partial charge in [0.05, 0.1) is 37.3 Å². The lowest BCUT2D eigenvalue weighted by atomic mass is 10.0. The number of hydrogen-bond donors (Lipinski definition) is 4. The van der Waals surface area contributed by atoms with E-state index in [1.54, 1.807) is 30.2 Å². The van der Waals surface area contributed by atoms with E-state index in [9.17, 15) is 28.8 Å². The zero-order chi connectivity index (χ0) is 38.9. The topological polar surface area (TPSA) is 192 Å². The minimum absolute atomic E-state index is 0.0208. The van der Waals surface area contributed by atoms with E-state index in [0.29, 0.717) is 38.0 Å². The first kappa shape index (κ1) is 39.6. The van der Waals surface area contributed by atoms with Crippen molar-refractivity contribution in [1.29, 1.82) is 0 Å². The van der Waals surface area contributed by atoms with Crippen LogP contribution in [0.15, 0.2) is 54.9 Å². The molecule has 55 heavy (non-hydrogen) atoms. The number of pyridine rings is 1. The van der Waals surface area contributed by atoms with Gasteiger partial charge in [-0.1, -0.05) is 37.3 Å². The number of rotatable bonds is 6. The second-order valence-corrected chi connectivity index (χ2v) is 14.9. The maximum Gasteiger partial charge on any atom is 0.328 e. The fraction of sp³-hybridized carbons (Fsp3) is 0.564. The smallest absolute Gasteiger partial charge is 0.328 e. The normalized spacial score (nSPS) is 27.5. The van der Waals surface area contributed by atoms with Gasteiger partial charge in [0.1, 0.15) is 30.8 Å². The maximum atomic E-state index is 14.5. The number of urea groups is 1. The van der Waals surface area contributed by atoms with E-state index < -0.39 is 60.6 Å². The Morgan fingerprint density at radius 3 is 2.47 bits per heavy atom. The van der Waals surface area contributed by atoms with E-state index >= 15 is 0 Å². The molecule has 0 unspecified atom stereocenters. The monoisotopic (exact) mass is 760 g/mol. The highest BCUT2D eigenvalue weighted by Crippen LogP contribution is 2.27. The van der Waals surface area contributed by atoms with E-state index in [1.165, 1.54) is 16.0 Å². The first-order valence-electron chi connectivity index (χ1n) is 19.3. The quantitative estimate of drug-likeness (QED) is 0.313. The average Bonchev–Trinajstić information content (AvgIpc) is 3.84. The molecule has 296 valence electrons. The summed E-state index contributed by atoms with van der Waals surface area (Å²) in [6.07, 6.45) is 6.99. The van der Waals surface area contributed by atoms with Crippen LogP contribution in [0.4, 0.5) is 10.5 Å². The summed E-state index contributed by atoms with van der Waals surface area (Å²) < 4.78 is 11.7. The van der Waals surface area contributed by atoms with Crippen LogP contribution in [0.5, 0.6) is 0 Å². The molecule has 1 aromatic heterocycles. The van der Waals surface area contributed by atoms with Crippen molar-refractivity contribution >= 4 is 41.3 Å². The lowest BCUT2D eigenvalue weighted by molar-refractivity contribution is -0.157. The molecule has 6 amide bonds. The molecule has 5 heterocycles. The number of piperidine rings is 1. The van der Waals surface area contributed by atoms with Crippen molar-refractivity contribution in [2.75, 3.05) is 44.9 Å². The SMILES string of the molecule is C[C@@H]1C[C@H]2C(=O)OC[C@H](NC(=O)[C@H](Cc3ccccc3)NC(=O)Nc3cccnc3)C(=O)N3CCC[C@H]3C(=O)N3CCCC[C@H]3COCN[C@@H](C)C(=O)N2C1. The molecule has 7 atom stereocenters. The Balaban J connectivity index is 1.28. The third kappa shape index (κ3) is 9.97. The summed E-state index contributed by atoms with van der Waals surface area (Å²) in [5.74, 6) is -2.42. The highest BCUT2D eigenvalue weighted by Gasteiger charge is 2.44. The summed E-state index contributed by atoms with van der Waals surface area (Å²) in [6.45, 7) is 4.61. The number of hydrogen-bond acceptors (Lipinski definition) is 10. The van der Waals surface area contributed by atoms with Crippen LogP contribution >= 0.6 is 0 Å². The van der Waals surface area contributed by atoms with Crippen LogP contribution in [-0.4, -0.2) is 131 Å². The minimum Gasteiger partial charge on any atom is -0.461 e. The van der Waals surface area contributed by atoms with E-state index in [1.807, 2.05) is 37.3 Å². The second-order valence-electron chi connectivity index (χ2n) is 14.9. The third-order valence-corrected chi connectivity index (χ3v) is 10.8. The second kappa shape index (κ2) is 18.5. The zero-order valence-corrected chi connectivity index (χ0v) is 31.5. The standard InChI is InChI=1S/C39H52N8O8/c1-25-18-33-38(52)55-23-31(43-34(48)30(19-27-10-4-3-5-11-27)44-39(53)42-28-12-8-15-40-20-28)36(50)46-17-9-14-32(46)37(51)45-16-7-6-13-29(45)22-54-24-41-26(2)35(49)47(33)21-25/h3-5,8,10-12,15,20,25-26,29-33,41H,6-7,9,13-14,16-19,21-24H2,1-2H3,(H,43,48)(H2,42,44,53)/t25-,26+,29+,30+,31+,32+,33+/m1/s1. The fourth-order valence-corrected chi connectivity index (χ4v) is 7.90. The number of amides is 6. The molecular weight excluding hydrogens is 708 g/mol. The summed E-state index contributed by atoms with van der Waals surface area (Å²) >= 11 is 0. The molecule has 4 N–H and O–H groups in total. The number of cyclic esters (lactones) is 1. The predicted octanol–water partition coefficient (Wildman–Crippen LogP) is 1.42. The fourth-order valence-electron chi connectivity index (χ4n) is 7.90. The molecule has 1 aromatic carbocycles. The van der Waals surface area contributed by atoms with Crippen LogP contribution in [0.2, 0.25) is 0 Å². The van der Waals surface area contributed by atoms with E-state index in [2.05, 4.69) is 26.3 Å². The molecule has 4 saturated heterocycles. The highest BCUT2D eigenvalue weighted by molar-refractivity contribution is 5.97. The third-order valence-electron chi connectivity index (χ3n) is 10.8. The van der Waals surface area contributed by atoms with Gasteiger partial charge in [0.2, 0.25) is 23.6 Å². The minimum atomic E-state index is -1.39. The van der Waals surface area contributed by atoms with Crippen LogP contribution in [0.3, 0.4) is 0 Å². The summed E-state index contributed by atoms with van der Waals surface area (Å²) in [5.41, 5.74) is 1.16. The number of carbonyl (C=O) groups is 6. The predicted molar refractivity (Wildman–Crippen MR) is 200 cm³/mol. The Morgan fingerprint density at radius 1 is 0.891 bits per heavy atom. The van der Waals surface area contributed by atoms with Crippen molar-refractivity contribution in [3.05, 3.63) is 60.4 Å². The van der Waals surface area contributed by atoms with Crippen molar-refractivity contribution in [3.8, 4) is 0 Å². The molecule has 0 saturated carbocycles. The lowest BCUT2D eigenvalue weighted by Gasteiger charge is -2.39. The van der Waals surface area contributed by atoms with Crippen molar-refractivity contribution in [1.82, 2.24) is 35.6 Å². The number of benzene rings is 1. The number of anilines is 1. The summed E-state index contributed by atoms with van der Waals surface area (Å²) in [7, 11) is 0. The van der Waals surface area contributed by atoms with Gasteiger partial charge in [-0.25, -0.2) is 9.59 Å². The van der Waals surface area contributed by atoms with Gasteiger partial charge < -0.3 is 40.1 Å². The molecule has 4 fully saturated rings. The lowest BCUT2D eigenvalue weighted by Crippen LogP contribution is -2.60. The Morgan fingerprint density at radius 2 is 1.69 bits per heavy atom. The largest absolute Gasteiger partial charge is 0.461 e. The number of nitrogens with zero attached hydrogens (tertiary/aromatic N) is 4. The molecular formula is C39H52N8O8. The molecule has 4 aliphatic heterocycles.